The first-order chi connectivity index (χ1) is 14.5. The van der Waals surface area contributed by atoms with Gasteiger partial charge < -0.3 is 14.7 Å². The van der Waals surface area contributed by atoms with Gasteiger partial charge in [0.25, 0.3) is 0 Å². The minimum absolute atomic E-state index is 0.132. The second-order valence-electron chi connectivity index (χ2n) is 8.82. The zero-order valence-corrected chi connectivity index (χ0v) is 17.8. The summed E-state index contributed by atoms with van der Waals surface area (Å²) in [6.45, 7) is 6.72. The van der Waals surface area contributed by atoms with Crippen LogP contribution in [0.3, 0.4) is 0 Å². The number of fused-ring (bicyclic) bond motifs is 1. The van der Waals surface area contributed by atoms with Crippen LogP contribution in [0.2, 0.25) is 0 Å². The second kappa shape index (κ2) is 7.28. The van der Waals surface area contributed by atoms with E-state index < -0.39 is 0 Å². The molecule has 0 bridgehead atoms. The van der Waals surface area contributed by atoms with E-state index in [1.54, 1.807) is 4.68 Å². The van der Waals surface area contributed by atoms with Gasteiger partial charge in [-0.25, -0.2) is 14.6 Å². The van der Waals surface area contributed by atoms with Gasteiger partial charge in [-0.1, -0.05) is 11.3 Å². The molecule has 1 atom stereocenters. The molecule has 8 nitrogen and oxygen atoms in total. The minimum atomic E-state index is -0.132. The Morgan fingerprint density at radius 2 is 2.03 bits per heavy atom. The highest BCUT2D eigenvalue weighted by molar-refractivity contribution is 5.81. The van der Waals surface area contributed by atoms with E-state index in [2.05, 4.69) is 22.1 Å². The lowest BCUT2D eigenvalue weighted by molar-refractivity contribution is 0.0975. The van der Waals surface area contributed by atoms with E-state index in [0.717, 1.165) is 72.8 Å². The Morgan fingerprint density at radius 3 is 2.73 bits per heavy atom. The van der Waals surface area contributed by atoms with Gasteiger partial charge in [0.2, 0.25) is 0 Å². The number of aromatic nitrogens is 5. The molecule has 2 aliphatic heterocycles. The Bertz CT molecular complexity index is 1090. The zero-order chi connectivity index (χ0) is 20.9. The molecule has 2 aliphatic rings. The van der Waals surface area contributed by atoms with E-state index in [-0.39, 0.29) is 6.61 Å². The van der Waals surface area contributed by atoms with Gasteiger partial charge in [0, 0.05) is 25.7 Å². The van der Waals surface area contributed by atoms with Gasteiger partial charge in [0.05, 0.1) is 36.2 Å². The minimum Gasteiger partial charge on any atom is -0.390 e. The van der Waals surface area contributed by atoms with Crippen LogP contribution in [0.1, 0.15) is 37.6 Å². The van der Waals surface area contributed by atoms with Crippen molar-refractivity contribution < 1.29 is 9.84 Å². The Labute approximate surface area is 175 Å². The van der Waals surface area contributed by atoms with Crippen molar-refractivity contribution in [2.24, 2.45) is 12.5 Å². The molecular weight excluding hydrogens is 380 g/mol. The summed E-state index contributed by atoms with van der Waals surface area (Å²) in [4.78, 5) is 12.0. The van der Waals surface area contributed by atoms with Crippen molar-refractivity contribution in [3.05, 3.63) is 29.6 Å². The van der Waals surface area contributed by atoms with Gasteiger partial charge in [-0.05, 0) is 50.7 Å². The van der Waals surface area contributed by atoms with Crippen LogP contribution in [-0.4, -0.2) is 55.9 Å². The number of rotatable bonds is 3. The molecule has 2 saturated heterocycles. The number of ether oxygens (including phenoxy) is 1. The quantitative estimate of drug-likeness (QED) is 0.712. The summed E-state index contributed by atoms with van der Waals surface area (Å²) in [7, 11) is 1.87. The van der Waals surface area contributed by atoms with Crippen LogP contribution in [-0.2, 0) is 18.4 Å². The lowest BCUT2D eigenvalue weighted by atomic mass is 9.77. The molecule has 1 spiro atoms. The molecule has 0 amide bonds. The van der Waals surface area contributed by atoms with Gasteiger partial charge in [-0.2, -0.15) is 0 Å². The topological polar surface area (TPSA) is 89.2 Å². The average Bonchev–Trinajstić information content (AvgIpc) is 3.31. The summed E-state index contributed by atoms with van der Waals surface area (Å²) < 4.78 is 7.60. The summed E-state index contributed by atoms with van der Waals surface area (Å²) in [5.74, 6) is 0.809. The number of aliphatic hydroxyl groups is 1. The normalized spacial score (nSPS) is 21.1. The number of hydrogen-bond donors (Lipinski definition) is 1. The summed E-state index contributed by atoms with van der Waals surface area (Å²) in [5, 5.41) is 18.3. The monoisotopic (exact) mass is 408 g/mol. The van der Waals surface area contributed by atoms with Crippen molar-refractivity contribution in [1.82, 2.24) is 25.0 Å². The molecular formula is C22H28N6O2. The lowest BCUT2D eigenvalue weighted by Crippen LogP contribution is -2.41. The molecule has 2 fully saturated rings. The van der Waals surface area contributed by atoms with Gasteiger partial charge in [-0.3, -0.25) is 0 Å². The van der Waals surface area contributed by atoms with Crippen LogP contribution in [0, 0.1) is 12.3 Å². The van der Waals surface area contributed by atoms with Gasteiger partial charge in [0.15, 0.2) is 5.82 Å². The maximum atomic E-state index is 10.1. The fourth-order valence-electron chi connectivity index (χ4n) is 4.94. The Hall–Kier alpha value is -2.58. The van der Waals surface area contributed by atoms with Crippen molar-refractivity contribution in [2.45, 2.75) is 45.8 Å². The molecule has 1 N–H and O–H groups in total. The largest absolute Gasteiger partial charge is 0.390 e. The maximum Gasteiger partial charge on any atom is 0.153 e. The summed E-state index contributed by atoms with van der Waals surface area (Å²) >= 11 is 0. The number of piperidine rings is 1. The van der Waals surface area contributed by atoms with Crippen molar-refractivity contribution in [2.75, 3.05) is 24.6 Å². The SMILES string of the molecule is Cc1nc(N2CCC3(CC2)CO[C@@H](C)C3)c(CO)nc1-c1ccc2nnn(C)c2c1. The molecule has 0 aliphatic carbocycles. The van der Waals surface area contributed by atoms with E-state index in [1.807, 2.05) is 32.2 Å². The predicted octanol–water partition coefficient (Wildman–Crippen LogP) is 2.62. The third-order valence-electron chi connectivity index (χ3n) is 6.67. The molecule has 30 heavy (non-hydrogen) atoms. The van der Waals surface area contributed by atoms with Crippen molar-refractivity contribution in [3.63, 3.8) is 0 Å². The third-order valence-corrected chi connectivity index (χ3v) is 6.67. The molecule has 3 aromatic rings. The maximum absolute atomic E-state index is 10.1. The van der Waals surface area contributed by atoms with E-state index in [0.29, 0.717) is 17.2 Å². The first-order valence-electron chi connectivity index (χ1n) is 10.6. The molecule has 0 radical (unpaired) electrons. The van der Waals surface area contributed by atoms with Crippen molar-refractivity contribution in [1.29, 1.82) is 0 Å². The van der Waals surface area contributed by atoms with Crippen molar-refractivity contribution >= 4 is 16.9 Å². The summed E-state index contributed by atoms with van der Waals surface area (Å²) in [5.41, 5.74) is 5.33. The van der Waals surface area contributed by atoms with Crippen LogP contribution in [0.15, 0.2) is 18.2 Å². The van der Waals surface area contributed by atoms with Gasteiger partial charge >= 0.3 is 0 Å². The fourth-order valence-corrected chi connectivity index (χ4v) is 4.94. The van der Waals surface area contributed by atoms with Crippen LogP contribution in [0.4, 0.5) is 5.82 Å². The van der Waals surface area contributed by atoms with Crippen LogP contribution < -0.4 is 4.90 Å². The predicted molar refractivity (Wildman–Crippen MR) is 114 cm³/mol. The number of nitrogens with zero attached hydrogens (tertiary/aromatic N) is 6. The standard InChI is InChI=1S/C22H28N6O2/c1-14-11-22(13-30-14)6-8-28(9-7-22)21-18(12-29)24-20(15(2)23-21)16-4-5-17-19(10-16)27(3)26-25-17/h4-5,10,14,29H,6-9,11-13H2,1-3H3/t14-/m0/s1. The van der Waals surface area contributed by atoms with Gasteiger partial charge in [-0.15, -0.1) is 5.10 Å². The van der Waals surface area contributed by atoms with E-state index in [9.17, 15) is 5.11 Å². The Kier molecular flexibility index (Phi) is 4.71. The van der Waals surface area contributed by atoms with E-state index >= 15 is 0 Å². The lowest BCUT2D eigenvalue weighted by Gasteiger charge is -2.39. The molecule has 5 rings (SSSR count). The Morgan fingerprint density at radius 1 is 1.23 bits per heavy atom. The van der Waals surface area contributed by atoms with E-state index in [1.165, 1.54) is 0 Å². The number of aryl methyl sites for hydroxylation is 2. The third kappa shape index (κ3) is 3.24. The number of anilines is 1. The number of aliphatic hydroxyl groups excluding tert-OH is 1. The first kappa shape index (κ1) is 19.4. The Balaban J connectivity index is 1.45. The highest BCUT2D eigenvalue weighted by Gasteiger charge is 2.41. The van der Waals surface area contributed by atoms with Crippen LogP contribution in [0.25, 0.3) is 22.3 Å². The highest BCUT2D eigenvalue weighted by Crippen LogP contribution is 2.42. The first-order valence-corrected chi connectivity index (χ1v) is 10.6. The highest BCUT2D eigenvalue weighted by atomic mass is 16.5. The van der Waals surface area contributed by atoms with Crippen LogP contribution in [0.5, 0.6) is 0 Å². The van der Waals surface area contributed by atoms with Crippen molar-refractivity contribution in [3.8, 4) is 11.3 Å². The molecule has 158 valence electrons. The average molecular weight is 409 g/mol. The second-order valence-corrected chi connectivity index (χ2v) is 8.82. The summed E-state index contributed by atoms with van der Waals surface area (Å²) in [6, 6.07) is 5.96. The molecule has 0 saturated carbocycles. The number of hydrogen-bond acceptors (Lipinski definition) is 7. The fraction of sp³-hybridized carbons (Fsp3) is 0.545. The molecule has 8 heteroatoms. The zero-order valence-electron chi connectivity index (χ0n) is 17.8. The molecule has 4 heterocycles. The molecule has 1 aromatic carbocycles. The molecule has 0 unspecified atom stereocenters. The summed E-state index contributed by atoms with van der Waals surface area (Å²) in [6.07, 6.45) is 3.68. The van der Waals surface area contributed by atoms with Gasteiger partial charge in [0.1, 0.15) is 11.2 Å². The smallest absolute Gasteiger partial charge is 0.153 e. The number of benzene rings is 1. The molecule has 2 aromatic heterocycles. The van der Waals surface area contributed by atoms with Crippen LogP contribution >= 0.6 is 0 Å². The van der Waals surface area contributed by atoms with E-state index in [4.69, 9.17) is 14.7 Å².